The summed E-state index contributed by atoms with van der Waals surface area (Å²) in [6.45, 7) is 0. The Labute approximate surface area is 69.6 Å². The van der Waals surface area contributed by atoms with Gasteiger partial charge in [-0.05, 0) is 18.9 Å². The molecular formula is C8H8N2O2. The third-order valence-electron chi connectivity index (χ3n) is 1.62. The van der Waals surface area contributed by atoms with E-state index in [0.717, 1.165) is 12.8 Å². The number of hydrogen-bond acceptors (Lipinski definition) is 4. The van der Waals surface area contributed by atoms with Gasteiger partial charge in [-0.1, -0.05) is 0 Å². The van der Waals surface area contributed by atoms with Crippen LogP contribution in [0.25, 0.3) is 0 Å². The number of nitrogens with zero attached hydrogens (tertiary/aromatic N) is 2. The second-order valence-corrected chi connectivity index (χ2v) is 2.74. The van der Waals surface area contributed by atoms with Gasteiger partial charge in [0.1, 0.15) is 6.10 Å². The van der Waals surface area contributed by atoms with E-state index in [0.29, 0.717) is 5.56 Å². The highest BCUT2D eigenvalue weighted by molar-refractivity contribution is 5.89. The molecule has 12 heavy (non-hydrogen) atoms. The Morgan fingerprint density at radius 3 is 2.92 bits per heavy atom. The number of carbonyl (C=O) groups is 1. The van der Waals surface area contributed by atoms with Gasteiger partial charge in [0, 0.05) is 0 Å². The van der Waals surface area contributed by atoms with Crippen molar-refractivity contribution in [3.05, 3.63) is 24.0 Å². The molecule has 0 aromatic carbocycles. The van der Waals surface area contributed by atoms with E-state index < -0.39 is 0 Å². The molecule has 4 heteroatoms. The number of hydrogen-bond donors (Lipinski definition) is 0. The summed E-state index contributed by atoms with van der Waals surface area (Å²) < 4.78 is 5.04. The summed E-state index contributed by atoms with van der Waals surface area (Å²) >= 11 is 0. The lowest BCUT2D eigenvalue weighted by atomic mass is 10.3. The minimum absolute atomic E-state index is 0.144. The molecule has 1 fully saturated rings. The van der Waals surface area contributed by atoms with Gasteiger partial charge in [0.25, 0.3) is 0 Å². The molecule has 0 atom stereocenters. The summed E-state index contributed by atoms with van der Waals surface area (Å²) in [5.74, 6) is -0.299. The highest BCUT2D eigenvalue weighted by Gasteiger charge is 2.26. The van der Waals surface area contributed by atoms with E-state index in [9.17, 15) is 4.79 Å². The Bertz CT molecular complexity index is 282. The second kappa shape index (κ2) is 2.89. The van der Waals surface area contributed by atoms with Gasteiger partial charge in [0.2, 0.25) is 0 Å². The molecule has 0 saturated heterocycles. The van der Waals surface area contributed by atoms with E-state index >= 15 is 0 Å². The molecule has 1 aromatic heterocycles. The fraction of sp³-hybridized carbons (Fsp3) is 0.375. The number of aromatic nitrogens is 2. The smallest absolute Gasteiger partial charge is 0.340 e. The lowest BCUT2D eigenvalue weighted by molar-refractivity contribution is 0.0471. The van der Waals surface area contributed by atoms with Crippen LogP contribution in [0.15, 0.2) is 18.5 Å². The van der Waals surface area contributed by atoms with Crippen molar-refractivity contribution in [3.8, 4) is 0 Å². The van der Waals surface area contributed by atoms with Crippen molar-refractivity contribution in [2.75, 3.05) is 0 Å². The quantitative estimate of drug-likeness (QED) is 0.606. The molecule has 0 unspecified atom stereocenters. The number of rotatable bonds is 2. The van der Waals surface area contributed by atoms with E-state index in [1.165, 1.54) is 12.4 Å². The Kier molecular flexibility index (Phi) is 1.74. The topological polar surface area (TPSA) is 52.1 Å². The molecule has 1 heterocycles. The summed E-state index contributed by atoms with van der Waals surface area (Å²) in [5, 5.41) is 7.15. The Morgan fingerprint density at radius 1 is 1.50 bits per heavy atom. The van der Waals surface area contributed by atoms with Crippen LogP contribution in [0.5, 0.6) is 0 Å². The maximum absolute atomic E-state index is 11.2. The monoisotopic (exact) mass is 164 g/mol. The Balaban J connectivity index is 2.03. The van der Waals surface area contributed by atoms with Crippen LogP contribution in [0, 0.1) is 0 Å². The molecule has 0 aliphatic heterocycles. The van der Waals surface area contributed by atoms with Gasteiger partial charge in [-0.15, -0.1) is 0 Å². The molecule has 0 N–H and O–H groups in total. The zero-order valence-corrected chi connectivity index (χ0v) is 6.43. The number of esters is 1. The van der Waals surface area contributed by atoms with Crippen molar-refractivity contribution in [2.24, 2.45) is 0 Å². The predicted molar refractivity (Wildman–Crippen MR) is 40.5 cm³/mol. The fourth-order valence-corrected chi connectivity index (χ4v) is 0.817. The molecule has 1 aromatic rings. The minimum atomic E-state index is -0.299. The SMILES string of the molecule is O=C(OC1CC1)c1ccnnc1. The lowest BCUT2D eigenvalue weighted by Crippen LogP contribution is -2.06. The van der Waals surface area contributed by atoms with Crippen LogP contribution in [-0.2, 0) is 4.74 Å². The van der Waals surface area contributed by atoms with E-state index in [4.69, 9.17) is 4.74 Å². The van der Waals surface area contributed by atoms with Crippen LogP contribution in [0.4, 0.5) is 0 Å². The van der Waals surface area contributed by atoms with E-state index in [2.05, 4.69) is 10.2 Å². The van der Waals surface area contributed by atoms with Crippen molar-refractivity contribution in [3.63, 3.8) is 0 Å². The highest BCUT2D eigenvalue weighted by Crippen LogP contribution is 2.24. The zero-order chi connectivity index (χ0) is 8.39. The maximum Gasteiger partial charge on any atom is 0.340 e. The van der Waals surface area contributed by atoms with Crippen molar-refractivity contribution >= 4 is 5.97 Å². The Morgan fingerprint density at radius 2 is 2.33 bits per heavy atom. The van der Waals surface area contributed by atoms with Crippen LogP contribution in [0.1, 0.15) is 23.2 Å². The van der Waals surface area contributed by atoms with Gasteiger partial charge in [-0.25, -0.2) is 4.79 Å². The average Bonchev–Trinajstić information content (AvgIpc) is 2.90. The highest BCUT2D eigenvalue weighted by atomic mass is 16.5. The first-order valence-electron chi connectivity index (χ1n) is 3.84. The van der Waals surface area contributed by atoms with E-state index in [-0.39, 0.29) is 12.1 Å². The molecule has 2 rings (SSSR count). The summed E-state index contributed by atoms with van der Waals surface area (Å²) in [7, 11) is 0. The van der Waals surface area contributed by atoms with Crippen molar-refractivity contribution in [1.29, 1.82) is 0 Å². The standard InChI is InChI=1S/C8H8N2O2/c11-8(12-7-1-2-7)6-3-4-9-10-5-6/h3-5,7H,1-2H2. The van der Waals surface area contributed by atoms with Gasteiger partial charge in [0.05, 0.1) is 18.0 Å². The van der Waals surface area contributed by atoms with Crippen molar-refractivity contribution in [2.45, 2.75) is 18.9 Å². The lowest BCUT2D eigenvalue weighted by Gasteiger charge is -2.00. The van der Waals surface area contributed by atoms with E-state index in [1.807, 2.05) is 0 Å². The average molecular weight is 164 g/mol. The van der Waals surface area contributed by atoms with Gasteiger partial charge >= 0.3 is 5.97 Å². The first-order chi connectivity index (χ1) is 5.86. The molecule has 1 aliphatic rings. The van der Waals surface area contributed by atoms with Gasteiger partial charge < -0.3 is 4.74 Å². The molecule has 1 aliphatic carbocycles. The maximum atomic E-state index is 11.2. The first-order valence-corrected chi connectivity index (χ1v) is 3.84. The molecule has 1 saturated carbocycles. The zero-order valence-electron chi connectivity index (χ0n) is 6.43. The van der Waals surface area contributed by atoms with Crippen molar-refractivity contribution in [1.82, 2.24) is 10.2 Å². The molecule has 0 amide bonds. The summed E-state index contributed by atoms with van der Waals surface area (Å²) in [6.07, 6.45) is 5.01. The van der Waals surface area contributed by atoms with Gasteiger partial charge in [-0.3, -0.25) is 0 Å². The number of carbonyl (C=O) groups excluding carboxylic acids is 1. The molecule has 4 nitrogen and oxygen atoms in total. The van der Waals surface area contributed by atoms with Crippen LogP contribution in [0.3, 0.4) is 0 Å². The summed E-state index contributed by atoms with van der Waals surface area (Å²) in [5.41, 5.74) is 0.469. The van der Waals surface area contributed by atoms with Gasteiger partial charge in [0.15, 0.2) is 0 Å². The van der Waals surface area contributed by atoms with Crippen molar-refractivity contribution < 1.29 is 9.53 Å². The summed E-state index contributed by atoms with van der Waals surface area (Å²) in [6, 6.07) is 1.59. The largest absolute Gasteiger partial charge is 0.459 e. The number of ether oxygens (including phenoxy) is 1. The molecule has 0 radical (unpaired) electrons. The fourth-order valence-electron chi connectivity index (χ4n) is 0.817. The van der Waals surface area contributed by atoms with Crippen LogP contribution < -0.4 is 0 Å². The third kappa shape index (κ3) is 1.58. The third-order valence-corrected chi connectivity index (χ3v) is 1.62. The molecule has 0 bridgehead atoms. The van der Waals surface area contributed by atoms with Gasteiger partial charge in [-0.2, -0.15) is 10.2 Å². The normalized spacial score (nSPS) is 15.7. The molecule has 0 spiro atoms. The van der Waals surface area contributed by atoms with E-state index in [1.54, 1.807) is 6.07 Å². The van der Waals surface area contributed by atoms with Crippen LogP contribution in [-0.4, -0.2) is 22.3 Å². The van der Waals surface area contributed by atoms with Crippen LogP contribution in [0.2, 0.25) is 0 Å². The second-order valence-electron chi connectivity index (χ2n) is 2.74. The first kappa shape index (κ1) is 7.21. The minimum Gasteiger partial charge on any atom is -0.459 e. The van der Waals surface area contributed by atoms with Crippen LogP contribution >= 0.6 is 0 Å². The molecular weight excluding hydrogens is 156 g/mol. The Hall–Kier alpha value is -1.45. The summed E-state index contributed by atoms with van der Waals surface area (Å²) in [4.78, 5) is 11.2. The predicted octanol–water partition coefficient (Wildman–Crippen LogP) is 0.796. The molecule has 62 valence electrons.